The fourth-order valence-electron chi connectivity index (χ4n) is 2.11. The maximum Gasteiger partial charge on any atom is 0.278 e. The van der Waals surface area contributed by atoms with Crippen LogP contribution in [0.5, 0.6) is 0 Å². The fraction of sp³-hybridized carbons (Fsp3) is 0.357. The van der Waals surface area contributed by atoms with Gasteiger partial charge in [-0.05, 0) is 32.9 Å². The number of furan rings is 1. The Kier molecular flexibility index (Phi) is 4.14. The van der Waals surface area contributed by atoms with Gasteiger partial charge < -0.3 is 9.73 Å². The van der Waals surface area contributed by atoms with Gasteiger partial charge in [0.15, 0.2) is 0 Å². The second kappa shape index (κ2) is 5.83. The summed E-state index contributed by atoms with van der Waals surface area (Å²) in [5.74, 6) is 0.823. The van der Waals surface area contributed by atoms with Crippen molar-refractivity contribution in [3.63, 3.8) is 0 Å². The maximum atomic E-state index is 11.1. The first-order chi connectivity index (χ1) is 9.50. The van der Waals surface area contributed by atoms with Crippen molar-refractivity contribution in [1.29, 1.82) is 0 Å². The Hall–Kier alpha value is -2.21. The van der Waals surface area contributed by atoms with Crippen molar-refractivity contribution < 1.29 is 9.34 Å². The van der Waals surface area contributed by atoms with Crippen LogP contribution in [0.2, 0.25) is 0 Å². The molecule has 0 unspecified atom stereocenters. The van der Waals surface area contributed by atoms with E-state index in [9.17, 15) is 10.1 Å². The van der Waals surface area contributed by atoms with Gasteiger partial charge in [-0.25, -0.2) is 0 Å². The van der Waals surface area contributed by atoms with E-state index < -0.39 is 0 Å². The molecule has 0 radical (unpaired) electrons. The van der Waals surface area contributed by atoms with Crippen LogP contribution in [0.15, 0.2) is 29.0 Å². The third-order valence-electron chi connectivity index (χ3n) is 3.30. The topological polar surface area (TPSA) is 81.2 Å². The second-order valence-electron chi connectivity index (χ2n) is 4.74. The lowest BCUT2D eigenvalue weighted by Gasteiger charge is -2.12. The molecule has 0 aliphatic heterocycles. The molecule has 6 nitrogen and oxygen atoms in total. The molecule has 0 aliphatic rings. The summed E-state index contributed by atoms with van der Waals surface area (Å²) in [7, 11) is 0. The Labute approximate surface area is 117 Å². The normalized spacial score (nSPS) is 12.3. The highest BCUT2D eigenvalue weighted by atomic mass is 16.6. The molecule has 0 spiro atoms. The minimum Gasteiger partial charge on any atom is -0.468 e. The van der Waals surface area contributed by atoms with Gasteiger partial charge in [0.25, 0.3) is 5.69 Å². The van der Waals surface area contributed by atoms with E-state index in [1.807, 2.05) is 19.1 Å². The fourth-order valence-corrected chi connectivity index (χ4v) is 2.11. The van der Waals surface area contributed by atoms with Crippen molar-refractivity contribution in [2.24, 2.45) is 0 Å². The highest BCUT2D eigenvalue weighted by molar-refractivity contribution is 5.47. The van der Waals surface area contributed by atoms with E-state index in [1.165, 1.54) is 0 Å². The number of aromatic nitrogens is 1. The predicted molar refractivity (Wildman–Crippen MR) is 74.3 cm³/mol. The van der Waals surface area contributed by atoms with Crippen LogP contribution < -0.4 is 5.32 Å². The molecule has 0 bridgehead atoms. The van der Waals surface area contributed by atoms with Crippen LogP contribution in [-0.2, 0) is 6.54 Å². The highest BCUT2D eigenvalue weighted by Crippen LogP contribution is 2.24. The van der Waals surface area contributed by atoms with Gasteiger partial charge in [0.1, 0.15) is 5.76 Å². The van der Waals surface area contributed by atoms with Crippen LogP contribution >= 0.6 is 0 Å². The Bertz CT molecular complexity index is 608. The number of hydrogen-bond donors (Lipinski definition) is 1. The van der Waals surface area contributed by atoms with E-state index in [4.69, 9.17) is 4.42 Å². The quantitative estimate of drug-likeness (QED) is 0.670. The molecule has 20 heavy (non-hydrogen) atoms. The summed E-state index contributed by atoms with van der Waals surface area (Å²) in [6.45, 7) is 5.85. The van der Waals surface area contributed by atoms with Gasteiger partial charge in [0.2, 0.25) is 0 Å². The third-order valence-corrected chi connectivity index (χ3v) is 3.30. The number of pyridine rings is 1. The molecule has 6 heteroatoms. The first-order valence-electron chi connectivity index (χ1n) is 6.37. The number of hydrogen-bond acceptors (Lipinski definition) is 5. The number of aryl methyl sites for hydroxylation is 1. The van der Waals surface area contributed by atoms with Crippen LogP contribution in [0, 0.1) is 24.0 Å². The van der Waals surface area contributed by atoms with Gasteiger partial charge in [-0.3, -0.25) is 15.1 Å². The molecule has 0 saturated heterocycles. The van der Waals surface area contributed by atoms with Crippen molar-refractivity contribution in [2.45, 2.75) is 33.4 Å². The van der Waals surface area contributed by atoms with E-state index in [2.05, 4.69) is 10.3 Å². The Balaban J connectivity index is 2.14. The van der Waals surface area contributed by atoms with E-state index in [0.717, 1.165) is 5.76 Å². The van der Waals surface area contributed by atoms with E-state index in [1.54, 1.807) is 26.3 Å². The van der Waals surface area contributed by atoms with Crippen molar-refractivity contribution in [1.82, 2.24) is 10.3 Å². The summed E-state index contributed by atoms with van der Waals surface area (Å²) >= 11 is 0. The zero-order valence-electron chi connectivity index (χ0n) is 11.7. The Morgan fingerprint density at radius 2 is 2.25 bits per heavy atom. The molecule has 2 aromatic heterocycles. The average Bonchev–Trinajstić information content (AvgIpc) is 2.91. The molecule has 0 fully saturated rings. The number of nitro groups is 1. The van der Waals surface area contributed by atoms with Crippen LogP contribution in [0.4, 0.5) is 5.69 Å². The summed E-state index contributed by atoms with van der Waals surface area (Å²) in [5, 5.41) is 14.3. The molecule has 0 amide bonds. The zero-order chi connectivity index (χ0) is 14.7. The molecule has 1 atom stereocenters. The lowest BCUT2D eigenvalue weighted by atomic mass is 10.1. The van der Waals surface area contributed by atoms with E-state index >= 15 is 0 Å². The van der Waals surface area contributed by atoms with Gasteiger partial charge in [-0.1, -0.05) is 0 Å². The highest BCUT2D eigenvalue weighted by Gasteiger charge is 2.19. The number of rotatable bonds is 5. The largest absolute Gasteiger partial charge is 0.468 e. The molecule has 2 heterocycles. The molecule has 106 valence electrons. The van der Waals surface area contributed by atoms with Crippen molar-refractivity contribution in [3.8, 4) is 0 Å². The van der Waals surface area contributed by atoms with Crippen molar-refractivity contribution in [3.05, 3.63) is 57.3 Å². The van der Waals surface area contributed by atoms with Crippen molar-refractivity contribution in [2.75, 3.05) is 0 Å². The number of nitrogens with zero attached hydrogens (tertiary/aromatic N) is 2. The lowest BCUT2D eigenvalue weighted by Crippen LogP contribution is -2.19. The molecule has 1 N–H and O–H groups in total. The Morgan fingerprint density at radius 3 is 2.85 bits per heavy atom. The lowest BCUT2D eigenvalue weighted by molar-refractivity contribution is -0.386. The standard InChI is InChI=1S/C14H17N3O3/c1-9-7-16-12(10(2)14(9)17(18)19)8-15-11(3)13-5-4-6-20-13/h4-7,11,15H,8H2,1-3H3/t11-/m0/s1. The van der Waals surface area contributed by atoms with Gasteiger partial charge >= 0.3 is 0 Å². The van der Waals surface area contributed by atoms with Crippen molar-refractivity contribution >= 4 is 5.69 Å². The van der Waals surface area contributed by atoms with Gasteiger partial charge in [-0.2, -0.15) is 0 Å². The minimum absolute atomic E-state index is 0.0200. The molecule has 2 aromatic rings. The van der Waals surface area contributed by atoms with Crippen LogP contribution in [0.25, 0.3) is 0 Å². The predicted octanol–water partition coefficient (Wildman–Crippen LogP) is 3.05. The molecular weight excluding hydrogens is 258 g/mol. The zero-order valence-corrected chi connectivity index (χ0v) is 11.7. The summed E-state index contributed by atoms with van der Waals surface area (Å²) in [5.41, 5.74) is 2.01. The molecule has 0 aliphatic carbocycles. The third kappa shape index (κ3) is 2.85. The summed E-state index contributed by atoms with van der Waals surface area (Å²) in [6.07, 6.45) is 3.16. The smallest absolute Gasteiger partial charge is 0.278 e. The molecule has 0 aromatic carbocycles. The van der Waals surface area contributed by atoms with Gasteiger partial charge in [0.05, 0.1) is 22.9 Å². The monoisotopic (exact) mass is 275 g/mol. The van der Waals surface area contributed by atoms with Crippen LogP contribution in [0.1, 0.15) is 35.5 Å². The van der Waals surface area contributed by atoms with Crippen LogP contribution in [-0.4, -0.2) is 9.91 Å². The van der Waals surface area contributed by atoms with Gasteiger partial charge in [-0.15, -0.1) is 0 Å². The average molecular weight is 275 g/mol. The second-order valence-corrected chi connectivity index (χ2v) is 4.74. The SMILES string of the molecule is Cc1cnc(CN[C@@H](C)c2ccco2)c(C)c1[N+](=O)[O-]. The molecular formula is C14H17N3O3. The summed E-state index contributed by atoms with van der Waals surface area (Å²) in [4.78, 5) is 15.0. The molecule has 2 rings (SSSR count). The molecule has 0 saturated carbocycles. The van der Waals surface area contributed by atoms with E-state index in [0.29, 0.717) is 23.4 Å². The summed E-state index contributed by atoms with van der Waals surface area (Å²) in [6, 6.07) is 3.73. The number of nitrogens with one attached hydrogen (secondary N) is 1. The van der Waals surface area contributed by atoms with E-state index in [-0.39, 0.29) is 16.7 Å². The van der Waals surface area contributed by atoms with Gasteiger partial charge in [0, 0.05) is 23.9 Å². The minimum atomic E-state index is -0.355. The maximum absolute atomic E-state index is 11.1. The first kappa shape index (κ1) is 14.2. The summed E-state index contributed by atoms with van der Waals surface area (Å²) < 4.78 is 5.30. The first-order valence-corrected chi connectivity index (χ1v) is 6.37. The van der Waals surface area contributed by atoms with Crippen LogP contribution in [0.3, 0.4) is 0 Å². The Morgan fingerprint density at radius 1 is 1.50 bits per heavy atom.